The fourth-order valence-electron chi connectivity index (χ4n) is 1.15. The van der Waals surface area contributed by atoms with Crippen molar-refractivity contribution in [1.82, 2.24) is 9.78 Å². The van der Waals surface area contributed by atoms with Crippen molar-refractivity contribution in [1.29, 1.82) is 0 Å². The average Bonchev–Trinajstić information content (AvgIpc) is 2.75. The van der Waals surface area contributed by atoms with Crippen LogP contribution in [0.15, 0.2) is 23.7 Å². The largest absolute Gasteiger partial charge is 0.408 e. The maximum atomic E-state index is 10.5. The molecule has 0 aliphatic carbocycles. The van der Waals surface area contributed by atoms with E-state index in [-0.39, 0.29) is 10.8 Å². The van der Waals surface area contributed by atoms with Crippen LogP contribution in [0.25, 0.3) is 0 Å². The summed E-state index contributed by atoms with van der Waals surface area (Å²) in [7, 11) is 0. The van der Waals surface area contributed by atoms with Crippen LogP contribution in [-0.4, -0.2) is 14.7 Å². The van der Waals surface area contributed by atoms with Crippen molar-refractivity contribution in [3.63, 3.8) is 0 Å². The molecule has 0 radical (unpaired) electrons. The van der Waals surface area contributed by atoms with E-state index in [1.165, 1.54) is 10.9 Å². The van der Waals surface area contributed by atoms with Crippen molar-refractivity contribution in [2.24, 2.45) is 0 Å². The highest BCUT2D eigenvalue weighted by atomic mass is 35.5. The van der Waals surface area contributed by atoms with Crippen molar-refractivity contribution in [2.45, 2.75) is 6.54 Å². The lowest BCUT2D eigenvalue weighted by molar-refractivity contribution is -0.389. The molecule has 0 aliphatic rings. The van der Waals surface area contributed by atoms with Gasteiger partial charge in [0.2, 0.25) is 0 Å². The lowest BCUT2D eigenvalue weighted by Gasteiger charge is -1.91. The summed E-state index contributed by atoms with van der Waals surface area (Å²) in [6, 6.07) is 3.85. The monoisotopic (exact) mass is 243 g/mol. The minimum absolute atomic E-state index is 0.0663. The Morgan fingerprint density at radius 2 is 2.47 bits per heavy atom. The Labute approximate surface area is 94.1 Å². The van der Waals surface area contributed by atoms with Crippen molar-refractivity contribution in [3.8, 4) is 0 Å². The zero-order valence-corrected chi connectivity index (χ0v) is 9.03. The summed E-state index contributed by atoms with van der Waals surface area (Å²) in [6.45, 7) is 0.505. The van der Waals surface area contributed by atoms with Crippen LogP contribution in [0.2, 0.25) is 5.02 Å². The molecule has 0 unspecified atom stereocenters. The van der Waals surface area contributed by atoms with Crippen molar-refractivity contribution < 1.29 is 4.92 Å². The molecule has 0 amide bonds. The molecule has 0 N–H and O–H groups in total. The molecular weight excluding hydrogens is 238 g/mol. The fraction of sp³-hybridized carbons (Fsp3) is 0.125. The molecule has 0 saturated heterocycles. The van der Waals surface area contributed by atoms with Gasteiger partial charge in [0.15, 0.2) is 5.02 Å². The molecule has 0 bridgehead atoms. The molecule has 0 spiro atoms. The van der Waals surface area contributed by atoms with Crippen LogP contribution in [-0.2, 0) is 6.54 Å². The highest BCUT2D eigenvalue weighted by Crippen LogP contribution is 2.22. The molecule has 2 aromatic rings. The number of hydrogen-bond donors (Lipinski definition) is 0. The van der Waals surface area contributed by atoms with E-state index in [2.05, 4.69) is 5.10 Å². The Balaban J connectivity index is 2.23. The van der Waals surface area contributed by atoms with Crippen LogP contribution >= 0.6 is 22.9 Å². The summed E-state index contributed by atoms with van der Waals surface area (Å²) in [6.07, 6.45) is 1.46. The number of halogens is 1. The Kier molecular flexibility index (Phi) is 2.70. The predicted octanol–water partition coefficient (Wildman–Crippen LogP) is 2.55. The van der Waals surface area contributed by atoms with Crippen LogP contribution in [0, 0.1) is 10.1 Å². The first-order valence-corrected chi connectivity index (χ1v) is 5.32. The molecule has 2 aromatic heterocycles. The van der Waals surface area contributed by atoms with E-state index in [1.54, 1.807) is 11.3 Å². The van der Waals surface area contributed by atoms with Gasteiger partial charge in [-0.25, -0.2) is 0 Å². The van der Waals surface area contributed by atoms with Crippen LogP contribution in [0.5, 0.6) is 0 Å². The summed E-state index contributed by atoms with van der Waals surface area (Å²) < 4.78 is 1.46. The quantitative estimate of drug-likeness (QED) is 0.615. The van der Waals surface area contributed by atoms with Gasteiger partial charge < -0.3 is 10.1 Å². The maximum absolute atomic E-state index is 10.5. The molecule has 0 aliphatic heterocycles. The Morgan fingerprint density at radius 3 is 3.00 bits per heavy atom. The van der Waals surface area contributed by atoms with E-state index >= 15 is 0 Å². The number of nitro groups is 1. The molecule has 0 fully saturated rings. The van der Waals surface area contributed by atoms with Crippen molar-refractivity contribution in [3.05, 3.63) is 43.7 Å². The van der Waals surface area contributed by atoms with Crippen LogP contribution < -0.4 is 0 Å². The maximum Gasteiger partial charge on any atom is 0.408 e. The van der Waals surface area contributed by atoms with E-state index in [0.717, 1.165) is 4.88 Å². The van der Waals surface area contributed by atoms with E-state index < -0.39 is 4.92 Å². The zero-order chi connectivity index (χ0) is 10.8. The highest BCUT2D eigenvalue weighted by molar-refractivity contribution is 7.09. The summed E-state index contributed by atoms with van der Waals surface area (Å²) in [5.74, 6) is -0.298. The molecule has 7 heteroatoms. The standard InChI is InChI=1S/C8H6ClN3O2S/c9-7-5-11(10-8(7)12(13)14)4-6-2-1-3-15-6/h1-3,5H,4H2. The van der Waals surface area contributed by atoms with Crippen molar-refractivity contribution in [2.75, 3.05) is 0 Å². The first-order valence-electron chi connectivity index (χ1n) is 4.06. The molecule has 0 aromatic carbocycles. The van der Waals surface area contributed by atoms with Gasteiger partial charge in [-0.05, 0) is 16.4 Å². The second-order valence-electron chi connectivity index (χ2n) is 2.83. The van der Waals surface area contributed by atoms with Gasteiger partial charge in [0.05, 0.1) is 17.8 Å². The summed E-state index contributed by atoms with van der Waals surface area (Å²) >= 11 is 7.23. The van der Waals surface area contributed by atoms with Crippen LogP contribution in [0.1, 0.15) is 4.88 Å². The molecular formula is C8H6ClN3O2S. The Bertz CT molecular complexity index is 480. The Hall–Kier alpha value is -1.40. The van der Waals surface area contributed by atoms with Crippen molar-refractivity contribution >= 4 is 28.8 Å². The predicted molar refractivity (Wildman–Crippen MR) is 57.3 cm³/mol. The third-order valence-corrected chi connectivity index (χ3v) is 2.90. The number of nitrogens with zero attached hydrogens (tertiary/aromatic N) is 3. The number of thiophene rings is 1. The second kappa shape index (κ2) is 4.00. The topological polar surface area (TPSA) is 61.0 Å². The molecule has 2 heterocycles. The van der Waals surface area contributed by atoms with Gasteiger partial charge in [-0.3, -0.25) is 0 Å². The van der Waals surface area contributed by atoms with Crippen LogP contribution in [0.3, 0.4) is 0 Å². The minimum atomic E-state index is -0.590. The second-order valence-corrected chi connectivity index (χ2v) is 4.27. The number of aromatic nitrogens is 2. The number of rotatable bonds is 3. The van der Waals surface area contributed by atoms with Gasteiger partial charge in [0.1, 0.15) is 0 Å². The molecule has 5 nitrogen and oxygen atoms in total. The first-order chi connectivity index (χ1) is 7.16. The van der Waals surface area contributed by atoms with Gasteiger partial charge >= 0.3 is 5.82 Å². The zero-order valence-electron chi connectivity index (χ0n) is 7.46. The number of hydrogen-bond acceptors (Lipinski definition) is 4. The summed E-state index contributed by atoms with van der Waals surface area (Å²) in [5.41, 5.74) is 0. The molecule has 0 saturated carbocycles. The molecule has 15 heavy (non-hydrogen) atoms. The van der Waals surface area contributed by atoms with Gasteiger partial charge in [-0.15, -0.1) is 11.3 Å². The third-order valence-electron chi connectivity index (χ3n) is 1.77. The van der Waals surface area contributed by atoms with Gasteiger partial charge in [-0.2, -0.15) is 4.68 Å². The normalized spacial score (nSPS) is 10.5. The van der Waals surface area contributed by atoms with E-state index in [1.807, 2.05) is 17.5 Å². The minimum Gasteiger partial charge on any atom is -0.358 e. The molecule has 0 atom stereocenters. The van der Waals surface area contributed by atoms with Gasteiger partial charge in [-0.1, -0.05) is 17.7 Å². The lowest BCUT2D eigenvalue weighted by atomic mass is 10.5. The average molecular weight is 244 g/mol. The first kappa shape index (κ1) is 10.1. The van der Waals surface area contributed by atoms with E-state index in [9.17, 15) is 10.1 Å². The van der Waals surface area contributed by atoms with E-state index in [4.69, 9.17) is 11.6 Å². The smallest absolute Gasteiger partial charge is 0.358 e. The highest BCUT2D eigenvalue weighted by Gasteiger charge is 2.18. The molecule has 2 rings (SSSR count). The summed E-state index contributed by atoms with van der Waals surface area (Å²) in [5, 5.41) is 16.3. The fourth-order valence-corrected chi connectivity index (χ4v) is 2.07. The van der Waals surface area contributed by atoms with Gasteiger partial charge in [0.25, 0.3) is 0 Å². The third kappa shape index (κ3) is 2.16. The molecule has 78 valence electrons. The van der Waals surface area contributed by atoms with Gasteiger partial charge in [0, 0.05) is 4.88 Å². The lowest BCUT2D eigenvalue weighted by Crippen LogP contribution is -1.99. The Morgan fingerprint density at radius 1 is 1.67 bits per heavy atom. The van der Waals surface area contributed by atoms with E-state index in [0.29, 0.717) is 6.54 Å². The van der Waals surface area contributed by atoms with Crippen LogP contribution in [0.4, 0.5) is 5.82 Å². The summed E-state index contributed by atoms with van der Waals surface area (Å²) in [4.78, 5) is 11.0. The SMILES string of the molecule is O=[N+]([O-])c1nn(Cc2cccs2)cc1Cl.